The standard InChI is InChI=1S/C19H41P.BrH/c1-5-6-7-8-9-10-11-12-13-14-15-16-17-18(2)19(3,4)20;/h18H,5-17,20H2,1-4H3;1H. The van der Waals surface area contributed by atoms with Crippen molar-refractivity contribution in [2.75, 3.05) is 0 Å². The Balaban J connectivity index is 0. The van der Waals surface area contributed by atoms with Crippen molar-refractivity contribution in [2.24, 2.45) is 5.92 Å². The summed E-state index contributed by atoms with van der Waals surface area (Å²) >= 11 is 0. The molecule has 0 radical (unpaired) electrons. The third-order valence-corrected chi connectivity index (χ3v) is 5.33. The Morgan fingerprint density at radius 3 is 1.38 bits per heavy atom. The second-order valence-corrected chi connectivity index (χ2v) is 8.89. The molecule has 0 spiro atoms. The number of hydrogen-bond acceptors (Lipinski definition) is 0. The first-order valence-corrected chi connectivity index (χ1v) is 9.85. The molecule has 0 heterocycles. The third kappa shape index (κ3) is 17.1. The van der Waals surface area contributed by atoms with Crippen LogP contribution >= 0.6 is 26.2 Å². The van der Waals surface area contributed by atoms with Gasteiger partial charge in [0.25, 0.3) is 0 Å². The summed E-state index contributed by atoms with van der Waals surface area (Å²) in [5, 5.41) is 0.414. The zero-order chi connectivity index (χ0) is 15.3. The number of halogens is 1. The van der Waals surface area contributed by atoms with E-state index in [0.29, 0.717) is 5.16 Å². The lowest BCUT2D eigenvalue weighted by molar-refractivity contribution is 0.406. The van der Waals surface area contributed by atoms with Crippen molar-refractivity contribution >= 4 is 26.2 Å². The lowest BCUT2D eigenvalue weighted by atomic mass is 9.91. The number of hydrogen-bond donors (Lipinski definition) is 0. The first-order valence-electron chi connectivity index (χ1n) is 9.27. The van der Waals surface area contributed by atoms with Gasteiger partial charge in [-0.15, -0.1) is 26.2 Å². The summed E-state index contributed by atoms with van der Waals surface area (Å²) in [5.74, 6) is 0.829. The summed E-state index contributed by atoms with van der Waals surface area (Å²) < 4.78 is 0. The van der Waals surface area contributed by atoms with E-state index in [1.165, 1.54) is 83.5 Å². The van der Waals surface area contributed by atoms with Gasteiger partial charge in [0.05, 0.1) is 0 Å². The van der Waals surface area contributed by atoms with Gasteiger partial charge in [-0.25, -0.2) is 0 Å². The van der Waals surface area contributed by atoms with Crippen LogP contribution in [-0.2, 0) is 0 Å². The lowest BCUT2D eigenvalue weighted by Crippen LogP contribution is -2.20. The molecule has 0 aromatic carbocycles. The fourth-order valence-electron chi connectivity index (χ4n) is 2.66. The summed E-state index contributed by atoms with van der Waals surface area (Å²) in [6.07, 6.45) is 18.8. The Bertz CT molecular complexity index is 198. The molecule has 2 heteroatoms. The van der Waals surface area contributed by atoms with E-state index in [1.54, 1.807) is 0 Å². The molecule has 130 valence electrons. The molecular formula is C19H42BrP. The van der Waals surface area contributed by atoms with Gasteiger partial charge in [0.1, 0.15) is 0 Å². The van der Waals surface area contributed by atoms with Crippen molar-refractivity contribution in [3.8, 4) is 0 Å². The van der Waals surface area contributed by atoms with Gasteiger partial charge < -0.3 is 0 Å². The molecule has 0 fully saturated rings. The van der Waals surface area contributed by atoms with Gasteiger partial charge in [0, 0.05) is 0 Å². The second-order valence-electron chi connectivity index (χ2n) is 7.40. The van der Waals surface area contributed by atoms with Crippen LogP contribution in [0, 0.1) is 5.92 Å². The van der Waals surface area contributed by atoms with Crippen LogP contribution in [0.2, 0.25) is 0 Å². The minimum atomic E-state index is 0. The summed E-state index contributed by atoms with van der Waals surface area (Å²) in [5.41, 5.74) is 0. The molecule has 0 aliphatic carbocycles. The molecule has 0 N–H and O–H groups in total. The van der Waals surface area contributed by atoms with Gasteiger partial charge in [0.15, 0.2) is 0 Å². The van der Waals surface area contributed by atoms with Crippen LogP contribution in [0.3, 0.4) is 0 Å². The van der Waals surface area contributed by atoms with E-state index in [1.807, 2.05) is 0 Å². The summed E-state index contributed by atoms with van der Waals surface area (Å²) in [7, 11) is 3.00. The fourth-order valence-corrected chi connectivity index (χ4v) is 2.83. The Kier molecular flexibility index (Phi) is 18.2. The Labute approximate surface area is 148 Å². The smallest absolute Gasteiger partial charge is 0.0181 e. The van der Waals surface area contributed by atoms with Gasteiger partial charge in [-0.2, -0.15) is 0 Å². The SMILES string of the molecule is Br.CCCCCCCCCCCCCCC(C)C(C)(C)P. The quantitative estimate of drug-likeness (QED) is 0.212. The van der Waals surface area contributed by atoms with E-state index < -0.39 is 0 Å². The van der Waals surface area contributed by atoms with Crippen LogP contribution in [0.1, 0.15) is 111 Å². The molecular weight excluding hydrogens is 339 g/mol. The van der Waals surface area contributed by atoms with E-state index in [4.69, 9.17) is 0 Å². The van der Waals surface area contributed by atoms with Gasteiger partial charge in [-0.05, 0) is 17.5 Å². The molecule has 0 saturated heterocycles. The van der Waals surface area contributed by atoms with Crippen LogP contribution < -0.4 is 0 Å². The highest BCUT2D eigenvalue weighted by atomic mass is 79.9. The lowest BCUT2D eigenvalue weighted by Gasteiger charge is -2.26. The van der Waals surface area contributed by atoms with Crippen LogP contribution in [0.4, 0.5) is 0 Å². The van der Waals surface area contributed by atoms with Crippen LogP contribution in [0.25, 0.3) is 0 Å². The molecule has 0 saturated carbocycles. The summed E-state index contributed by atoms with van der Waals surface area (Å²) in [4.78, 5) is 0. The predicted octanol–water partition coefficient (Wildman–Crippen LogP) is 7.95. The molecule has 0 nitrogen and oxygen atoms in total. The largest absolute Gasteiger partial charge is 0.131 e. The van der Waals surface area contributed by atoms with E-state index in [9.17, 15) is 0 Å². The van der Waals surface area contributed by atoms with E-state index in [-0.39, 0.29) is 17.0 Å². The molecule has 0 aliphatic rings. The zero-order valence-corrected chi connectivity index (χ0v) is 18.1. The van der Waals surface area contributed by atoms with Gasteiger partial charge in [-0.3, -0.25) is 0 Å². The van der Waals surface area contributed by atoms with E-state index in [2.05, 4.69) is 36.9 Å². The minimum absolute atomic E-state index is 0. The fraction of sp³-hybridized carbons (Fsp3) is 1.00. The first kappa shape index (κ1) is 24.2. The van der Waals surface area contributed by atoms with Crippen molar-refractivity contribution < 1.29 is 0 Å². The van der Waals surface area contributed by atoms with Crippen molar-refractivity contribution in [3.05, 3.63) is 0 Å². The molecule has 2 unspecified atom stereocenters. The molecule has 0 aromatic heterocycles. The van der Waals surface area contributed by atoms with E-state index in [0.717, 1.165) is 5.92 Å². The predicted molar refractivity (Wildman–Crippen MR) is 109 cm³/mol. The van der Waals surface area contributed by atoms with Crippen LogP contribution in [0.5, 0.6) is 0 Å². The van der Waals surface area contributed by atoms with Crippen molar-refractivity contribution in [1.82, 2.24) is 0 Å². The zero-order valence-electron chi connectivity index (χ0n) is 15.3. The Morgan fingerprint density at radius 1 is 0.714 bits per heavy atom. The molecule has 0 amide bonds. The number of unbranched alkanes of at least 4 members (excludes halogenated alkanes) is 11. The average Bonchev–Trinajstić information content (AvgIpc) is 2.38. The molecule has 2 atom stereocenters. The molecule has 0 bridgehead atoms. The maximum absolute atomic E-state index is 3.00. The topological polar surface area (TPSA) is 0 Å². The second kappa shape index (κ2) is 15.8. The maximum atomic E-state index is 3.00. The molecule has 0 aromatic rings. The van der Waals surface area contributed by atoms with Gasteiger partial charge in [0.2, 0.25) is 0 Å². The average molecular weight is 381 g/mol. The van der Waals surface area contributed by atoms with E-state index >= 15 is 0 Å². The monoisotopic (exact) mass is 380 g/mol. The highest BCUT2D eigenvalue weighted by Crippen LogP contribution is 2.30. The Morgan fingerprint density at radius 2 is 1.05 bits per heavy atom. The Hall–Kier alpha value is 0.910. The normalized spacial score (nSPS) is 13.0. The third-order valence-electron chi connectivity index (χ3n) is 4.76. The maximum Gasteiger partial charge on any atom is -0.0181 e. The highest BCUT2D eigenvalue weighted by molar-refractivity contribution is 8.93. The highest BCUT2D eigenvalue weighted by Gasteiger charge is 2.19. The molecule has 0 aliphatic heterocycles. The summed E-state index contributed by atoms with van der Waals surface area (Å²) in [6.45, 7) is 9.36. The summed E-state index contributed by atoms with van der Waals surface area (Å²) in [6, 6.07) is 0. The molecule has 0 rings (SSSR count). The van der Waals surface area contributed by atoms with Crippen LogP contribution in [0.15, 0.2) is 0 Å². The van der Waals surface area contributed by atoms with Gasteiger partial charge in [-0.1, -0.05) is 105 Å². The number of rotatable bonds is 14. The first-order chi connectivity index (χ1) is 9.48. The van der Waals surface area contributed by atoms with Crippen molar-refractivity contribution in [1.29, 1.82) is 0 Å². The molecule has 21 heavy (non-hydrogen) atoms. The van der Waals surface area contributed by atoms with Crippen molar-refractivity contribution in [3.63, 3.8) is 0 Å². The van der Waals surface area contributed by atoms with Crippen molar-refractivity contribution in [2.45, 2.75) is 116 Å². The van der Waals surface area contributed by atoms with Crippen LogP contribution in [-0.4, -0.2) is 5.16 Å². The minimum Gasteiger partial charge on any atom is -0.131 e. The van der Waals surface area contributed by atoms with Gasteiger partial charge >= 0.3 is 0 Å².